The molecule has 0 radical (unpaired) electrons. The molecule has 0 aliphatic rings. The van der Waals surface area contributed by atoms with Crippen molar-refractivity contribution in [2.45, 2.75) is 20.0 Å². The highest BCUT2D eigenvalue weighted by atomic mass is 16.5. The topological polar surface area (TPSA) is 84.9 Å². The highest BCUT2D eigenvalue weighted by Gasteiger charge is 2.17. The van der Waals surface area contributed by atoms with E-state index in [4.69, 9.17) is 14.6 Å². The van der Waals surface area contributed by atoms with E-state index in [9.17, 15) is 9.59 Å². The van der Waals surface area contributed by atoms with Crippen molar-refractivity contribution in [1.82, 2.24) is 5.32 Å². The molecule has 1 rings (SSSR count). The molecule has 0 aliphatic carbocycles. The van der Waals surface area contributed by atoms with Crippen LogP contribution in [-0.2, 0) is 9.59 Å². The molecule has 2 unspecified atom stereocenters. The van der Waals surface area contributed by atoms with E-state index in [0.29, 0.717) is 11.5 Å². The second kappa shape index (κ2) is 7.37. The molecule has 0 fully saturated rings. The van der Waals surface area contributed by atoms with Gasteiger partial charge in [0.25, 0.3) is 5.91 Å². The van der Waals surface area contributed by atoms with Crippen molar-refractivity contribution in [2.24, 2.45) is 5.92 Å². The fourth-order valence-corrected chi connectivity index (χ4v) is 1.40. The molecule has 1 aromatic carbocycles. The van der Waals surface area contributed by atoms with Gasteiger partial charge in [-0.2, -0.15) is 0 Å². The van der Waals surface area contributed by atoms with Crippen LogP contribution in [0, 0.1) is 5.92 Å². The lowest BCUT2D eigenvalue weighted by molar-refractivity contribution is -0.141. The molecule has 1 aromatic rings. The minimum Gasteiger partial charge on any atom is -0.497 e. The monoisotopic (exact) mass is 281 g/mol. The van der Waals surface area contributed by atoms with Crippen LogP contribution in [-0.4, -0.2) is 36.7 Å². The molecular formula is C14H19NO5. The maximum Gasteiger partial charge on any atom is 0.308 e. The molecule has 0 saturated carbocycles. The number of hydrogen-bond acceptors (Lipinski definition) is 4. The summed E-state index contributed by atoms with van der Waals surface area (Å²) < 4.78 is 10.5. The van der Waals surface area contributed by atoms with Crippen LogP contribution in [0.4, 0.5) is 0 Å². The molecule has 0 aliphatic heterocycles. The van der Waals surface area contributed by atoms with E-state index in [1.807, 2.05) is 0 Å². The summed E-state index contributed by atoms with van der Waals surface area (Å²) in [6.45, 7) is 3.20. The molecule has 6 nitrogen and oxygen atoms in total. The Balaban J connectivity index is 2.46. The summed E-state index contributed by atoms with van der Waals surface area (Å²) in [7, 11) is 1.57. The van der Waals surface area contributed by atoms with Gasteiger partial charge in [-0.15, -0.1) is 0 Å². The zero-order valence-corrected chi connectivity index (χ0v) is 11.8. The van der Waals surface area contributed by atoms with Crippen LogP contribution >= 0.6 is 0 Å². The van der Waals surface area contributed by atoms with Crippen molar-refractivity contribution >= 4 is 11.9 Å². The summed E-state index contributed by atoms with van der Waals surface area (Å²) in [5.74, 6) is -0.695. The summed E-state index contributed by atoms with van der Waals surface area (Å²) in [5, 5.41) is 11.3. The molecule has 0 saturated heterocycles. The zero-order chi connectivity index (χ0) is 15.1. The fraction of sp³-hybridized carbons (Fsp3) is 0.429. The van der Waals surface area contributed by atoms with E-state index in [1.54, 1.807) is 38.3 Å². The van der Waals surface area contributed by atoms with E-state index in [2.05, 4.69) is 5.32 Å². The van der Waals surface area contributed by atoms with Crippen LogP contribution in [0.15, 0.2) is 24.3 Å². The minimum absolute atomic E-state index is 0.0739. The van der Waals surface area contributed by atoms with Crippen molar-refractivity contribution in [1.29, 1.82) is 0 Å². The highest BCUT2D eigenvalue weighted by Crippen LogP contribution is 2.18. The van der Waals surface area contributed by atoms with E-state index in [0.717, 1.165) is 0 Å². The summed E-state index contributed by atoms with van der Waals surface area (Å²) in [5.41, 5.74) is 0. The first-order valence-electron chi connectivity index (χ1n) is 6.25. The lowest BCUT2D eigenvalue weighted by Gasteiger charge is -2.16. The third-order valence-corrected chi connectivity index (χ3v) is 2.75. The predicted octanol–water partition coefficient (Wildman–Crippen LogP) is 1.30. The summed E-state index contributed by atoms with van der Waals surface area (Å²) >= 11 is 0. The molecular weight excluding hydrogens is 262 g/mol. The first-order chi connectivity index (χ1) is 9.43. The maximum absolute atomic E-state index is 11.7. The summed E-state index contributed by atoms with van der Waals surface area (Å²) in [4.78, 5) is 22.4. The molecule has 2 atom stereocenters. The van der Waals surface area contributed by atoms with Gasteiger partial charge in [-0.25, -0.2) is 0 Å². The van der Waals surface area contributed by atoms with E-state index in [-0.39, 0.29) is 12.5 Å². The first-order valence-corrected chi connectivity index (χ1v) is 6.25. The molecule has 20 heavy (non-hydrogen) atoms. The Morgan fingerprint density at radius 3 is 2.25 bits per heavy atom. The molecule has 0 spiro atoms. The highest BCUT2D eigenvalue weighted by molar-refractivity contribution is 5.81. The van der Waals surface area contributed by atoms with E-state index in [1.165, 1.54) is 6.92 Å². The van der Waals surface area contributed by atoms with Gasteiger partial charge in [-0.3, -0.25) is 9.59 Å². The molecule has 2 N–H and O–H groups in total. The van der Waals surface area contributed by atoms with Crippen molar-refractivity contribution in [2.75, 3.05) is 13.7 Å². The van der Waals surface area contributed by atoms with Gasteiger partial charge >= 0.3 is 5.97 Å². The third-order valence-electron chi connectivity index (χ3n) is 2.75. The van der Waals surface area contributed by atoms with Crippen LogP contribution < -0.4 is 14.8 Å². The largest absolute Gasteiger partial charge is 0.497 e. The number of amides is 1. The Labute approximate surface area is 117 Å². The lowest BCUT2D eigenvalue weighted by Crippen LogP contribution is -2.39. The predicted molar refractivity (Wildman–Crippen MR) is 72.9 cm³/mol. The number of carboxylic acid groups (broad SMARTS) is 1. The quantitative estimate of drug-likeness (QED) is 0.787. The molecule has 110 valence electrons. The number of carbonyl (C=O) groups excluding carboxylic acids is 1. The number of nitrogens with one attached hydrogen (secondary N) is 1. The van der Waals surface area contributed by atoms with Gasteiger partial charge in [0.05, 0.1) is 13.0 Å². The van der Waals surface area contributed by atoms with Gasteiger partial charge in [0.2, 0.25) is 0 Å². The number of carbonyl (C=O) groups is 2. The van der Waals surface area contributed by atoms with Crippen LogP contribution in [0.2, 0.25) is 0 Å². The third kappa shape index (κ3) is 4.79. The van der Waals surface area contributed by atoms with E-state index < -0.39 is 18.0 Å². The van der Waals surface area contributed by atoms with Gasteiger partial charge in [-0.05, 0) is 31.2 Å². The van der Waals surface area contributed by atoms with Crippen LogP contribution in [0.5, 0.6) is 11.5 Å². The average Bonchev–Trinajstić information content (AvgIpc) is 2.44. The second-order valence-corrected chi connectivity index (χ2v) is 4.42. The summed E-state index contributed by atoms with van der Waals surface area (Å²) in [6, 6.07) is 6.85. The van der Waals surface area contributed by atoms with Crippen LogP contribution in [0.3, 0.4) is 0 Å². The maximum atomic E-state index is 11.7. The molecule has 6 heteroatoms. The number of methoxy groups -OCH3 is 1. The first kappa shape index (κ1) is 15.8. The number of benzene rings is 1. The van der Waals surface area contributed by atoms with Gasteiger partial charge in [0, 0.05) is 6.54 Å². The number of carboxylic acids is 1. The number of hydrogen-bond donors (Lipinski definition) is 2. The number of aliphatic carboxylic acids is 1. The standard InChI is InChI=1S/C14H19NO5/c1-9(14(17)18)8-15-13(16)10(2)20-12-6-4-11(19-3)5-7-12/h4-7,9-10H,8H2,1-3H3,(H,15,16)(H,17,18). The van der Waals surface area contributed by atoms with Gasteiger partial charge in [0.15, 0.2) is 6.10 Å². The van der Waals surface area contributed by atoms with Crippen molar-refractivity contribution < 1.29 is 24.2 Å². The Morgan fingerprint density at radius 1 is 1.20 bits per heavy atom. The minimum atomic E-state index is -0.950. The van der Waals surface area contributed by atoms with Crippen molar-refractivity contribution in [3.8, 4) is 11.5 Å². The molecule has 1 amide bonds. The Bertz CT molecular complexity index is 457. The second-order valence-electron chi connectivity index (χ2n) is 4.42. The van der Waals surface area contributed by atoms with Gasteiger partial charge in [-0.1, -0.05) is 6.92 Å². The SMILES string of the molecule is COc1ccc(OC(C)C(=O)NCC(C)C(=O)O)cc1. The van der Waals surface area contributed by atoms with Crippen LogP contribution in [0.1, 0.15) is 13.8 Å². The van der Waals surface area contributed by atoms with E-state index >= 15 is 0 Å². The Hall–Kier alpha value is -2.24. The molecule has 0 heterocycles. The van der Waals surface area contributed by atoms with Crippen LogP contribution in [0.25, 0.3) is 0 Å². The molecule has 0 bridgehead atoms. The van der Waals surface area contributed by atoms with Gasteiger partial charge in [0.1, 0.15) is 11.5 Å². The fourth-order valence-electron chi connectivity index (χ4n) is 1.40. The lowest BCUT2D eigenvalue weighted by atomic mass is 10.2. The van der Waals surface area contributed by atoms with Crippen molar-refractivity contribution in [3.63, 3.8) is 0 Å². The van der Waals surface area contributed by atoms with Crippen molar-refractivity contribution in [3.05, 3.63) is 24.3 Å². The molecule has 0 aromatic heterocycles. The normalized spacial score (nSPS) is 13.2. The smallest absolute Gasteiger partial charge is 0.308 e. The Morgan fingerprint density at radius 2 is 1.75 bits per heavy atom. The van der Waals surface area contributed by atoms with Gasteiger partial charge < -0.3 is 19.9 Å². The zero-order valence-electron chi connectivity index (χ0n) is 11.8. The average molecular weight is 281 g/mol. The number of rotatable bonds is 7. The summed E-state index contributed by atoms with van der Waals surface area (Å²) in [6.07, 6.45) is -0.704. The Kier molecular flexibility index (Phi) is 5.83. The number of ether oxygens (including phenoxy) is 2.